The molecule has 0 bridgehead atoms. The van der Waals surface area contributed by atoms with Crippen molar-refractivity contribution in [2.75, 3.05) is 18.9 Å². The molecule has 0 radical (unpaired) electrons. The fourth-order valence-corrected chi connectivity index (χ4v) is 7.31. The largest absolute Gasteiger partial charge is 0.397 e. The third-order valence-electron chi connectivity index (χ3n) is 6.45. The number of fused-ring (bicyclic) bond motifs is 2. The number of thioether (sulfide) groups is 1. The maximum Gasteiger partial charge on any atom is 0.181 e. The van der Waals surface area contributed by atoms with Crippen LogP contribution in [0.15, 0.2) is 28.7 Å². The van der Waals surface area contributed by atoms with Crippen molar-refractivity contribution in [1.82, 2.24) is 19.7 Å². The van der Waals surface area contributed by atoms with Crippen LogP contribution in [-0.2, 0) is 11.8 Å². The second-order valence-electron chi connectivity index (χ2n) is 8.58. The van der Waals surface area contributed by atoms with E-state index in [0.717, 1.165) is 64.3 Å². The lowest BCUT2D eigenvalue weighted by molar-refractivity contribution is 0.0856. The molecule has 160 valence electrons. The number of nitrogen functional groups attached to an aromatic ring is 1. The number of pyridine rings is 2. The number of hydrogen-bond acceptors (Lipinski definition) is 7. The number of ether oxygens (including phenoxy) is 1. The van der Waals surface area contributed by atoms with Crippen LogP contribution < -0.4 is 5.73 Å². The third-order valence-corrected chi connectivity index (χ3v) is 9.12. The molecule has 2 aliphatic rings. The van der Waals surface area contributed by atoms with Gasteiger partial charge in [-0.25, -0.2) is 9.97 Å². The summed E-state index contributed by atoms with van der Waals surface area (Å²) in [7, 11) is 1.92. The van der Waals surface area contributed by atoms with E-state index in [9.17, 15) is 0 Å². The molecule has 1 saturated heterocycles. The van der Waals surface area contributed by atoms with Crippen LogP contribution in [0.5, 0.6) is 0 Å². The quantitative estimate of drug-likeness (QED) is 0.450. The summed E-state index contributed by atoms with van der Waals surface area (Å²) in [5.41, 5.74) is 11.7. The van der Waals surface area contributed by atoms with Crippen molar-refractivity contribution in [2.45, 2.75) is 47.5 Å². The molecule has 8 heteroatoms. The molecule has 0 spiro atoms. The highest BCUT2D eigenvalue weighted by Crippen LogP contribution is 2.48. The van der Waals surface area contributed by atoms with Gasteiger partial charge in [0.15, 0.2) is 5.65 Å². The molecule has 2 N–H and O–H groups in total. The number of hydrogen-bond donors (Lipinski definition) is 1. The number of aryl methyl sites for hydroxylation is 1. The molecular weight excluding hydrogens is 426 g/mol. The molecular formula is C23H25N5OS2. The Bertz CT molecular complexity index is 1270. The maximum absolute atomic E-state index is 6.73. The lowest BCUT2D eigenvalue weighted by atomic mass is 9.89. The summed E-state index contributed by atoms with van der Waals surface area (Å²) >= 11 is 3.70. The third kappa shape index (κ3) is 3.50. The average molecular weight is 452 g/mol. The summed E-state index contributed by atoms with van der Waals surface area (Å²) in [4.78, 5) is 10.7. The van der Waals surface area contributed by atoms with Gasteiger partial charge in [0, 0.05) is 54.2 Å². The number of nitrogens with zero attached hydrogens (tertiary/aromatic N) is 4. The second-order valence-corrected chi connectivity index (χ2v) is 11.1. The average Bonchev–Trinajstić information content (AvgIpc) is 3.28. The van der Waals surface area contributed by atoms with Crippen molar-refractivity contribution in [3.8, 4) is 11.3 Å². The summed E-state index contributed by atoms with van der Waals surface area (Å²) < 4.78 is 8.68. The van der Waals surface area contributed by atoms with Crippen LogP contribution in [0.1, 0.15) is 43.6 Å². The molecule has 4 aromatic rings. The Labute approximate surface area is 189 Å². The van der Waals surface area contributed by atoms with E-state index in [4.69, 9.17) is 15.5 Å². The van der Waals surface area contributed by atoms with Gasteiger partial charge in [-0.2, -0.15) is 5.10 Å². The maximum atomic E-state index is 6.73. The zero-order valence-corrected chi connectivity index (χ0v) is 19.1. The van der Waals surface area contributed by atoms with Crippen molar-refractivity contribution in [3.05, 3.63) is 30.1 Å². The number of rotatable bonds is 4. The smallest absolute Gasteiger partial charge is 0.181 e. The molecule has 31 heavy (non-hydrogen) atoms. The predicted molar refractivity (Wildman–Crippen MR) is 128 cm³/mol. The molecule has 6 nitrogen and oxygen atoms in total. The van der Waals surface area contributed by atoms with E-state index < -0.39 is 0 Å². The van der Waals surface area contributed by atoms with Crippen LogP contribution in [0, 0.1) is 0 Å². The number of aromatic nitrogens is 4. The molecule has 0 atom stereocenters. The molecule has 5 heterocycles. The Balaban J connectivity index is 1.50. The van der Waals surface area contributed by atoms with Gasteiger partial charge in [0.25, 0.3) is 0 Å². The number of nitrogens with two attached hydrogens (primary N) is 1. The molecule has 0 aromatic carbocycles. The Morgan fingerprint density at radius 2 is 2.03 bits per heavy atom. The summed E-state index contributed by atoms with van der Waals surface area (Å²) in [5, 5.41) is 7.30. The van der Waals surface area contributed by atoms with E-state index in [2.05, 4.69) is 22.2 Å². The van der Waals surface area contributed by atoms with Crippen molar-refractivity contribution in [2.24, 2.45) is 7.05 Å². The van der Waals surface area contributed by atoms with E-state index in [-0.39, 0.29) is 0 Å². The second kappa shape index (κ2) is 7.76. The monoisotopic (exact) mass is 451 g/mol. The summed E-state index contributed by atoms with van der Waals surface area (Å²) in [6.07, 6.45) is 9.86. The summed E-state index contributed by atoms with van der Waals surface area (Å²) in [6.45, 7) is 1.61. The van der Waals surface area contributed by atoms with Crippen molar-refractivity contribution < 1.29 is 4.74 Å². The van der Waals surface area contributed by atoms with E-state index in [1.807, 2.05) is 31.2 Å². The molecule has 0 unspecified atom stereocenters. The molecule has 0 amide bonds. The van der Waals surface area contributed by atoms with Gasteiger partial charge in [-0.05, 0) is 49.3 Å². The van der Waals surface area contributed by atoms with Crippen LogP contribution in [0.2, 0.25) is 0 Å². The molecule has 2 fully saturated rings. The van der Waals surface area contributed by atoms with Gasteiger partial charge in [0.05, 0.1) is 15.6 Å². The van der Waals surface area contributed by atoms with E-state index in [1.165, 1.54) is 29.0 Å². The van der Waals surface area contributed by atoms with Crippen LogP contribution in [0.4, 0.5) is 5.69 Å². The highest BCUT2D eigenvalue weighted by Gasteiger charge is 2.26. The van der Waals surface area contributed by atoms with Crippen LogP contribution in [0.25, 0.3) is 32.5 Å². The first-order valence-corrected chi connectivity index (χ1v) is 12.6. The summed E-state index contributed by atoms with van der Waals surface area (Å²) in [5.74, 6) is 0.450. The Morgan fingerprint density at radius 1 is 1.19 bits per heavy atom. The van der Waals surface area contributed by atoms with Gasteiger partial charge in [0.2, 0.25) is 0 Å². The molecule has 1 aliphatic heterocycles. The topological polar surface area (TPSA) is 78.9 Å². The fraction of sp³-hybridized carbons (Fsp3) is 0.435. The van der Waals surface area contributed by atoms with Gasteiger partial charge in [-0.1, -0.05) is 6.42 Å². The molecule has 6 rings (SSSR count). The predicted octanol–water partition coefficient (Wildman–Crippen LogP) is 5.37. The minimum absolute atomic E-state index is 0.450. The molecule has 1 saturated carbocycles. The van der Waals surface area contributed by atoms with Gasteiger partial charge >= 0.3 is 0 Å². The lowest BCUT2D eigenvalue weighted by Crippen LogP contribution is -2.15. The van der Waals surface area contributed by atoms with Gasteiger partial charge in [-0.3, -0.25) is 4.68 Å². The van der Waals surface area contributed by atoms with Gasteiger partial charge < -0.3 is 10.5 Å². The first-order chi connectivity index (χ1) is 15.2. The molecule has 4 aromatic heterocycles. The fourth-order valence-electron chi connectivity index (χ4n) is 4.51. The summed E-state index contributed by atoms with van der Waals surface area (Å²) in [6, 6.07) is 4.39. The van der Waals surface area contributed by atoms with Crippen LogP contribution in [0.3, 0.4) is 0 Å². The zero-order valence-electron chi connectivity index (χ0n) is 17.5. The minimum atomic E-state index is 0.450. The minimum Gasteiger partial charge on any atom is -0.397 e. The lowest BCUT2D eigenvalue weighted by Gasteiger charge is -2.24. The van der Waals surface area contributed by atoms with E-state index >= 15 is 0 Å². The first-order valence-electron chi connectivity index (χ1n) is 10.9. The van der Waals surface area contributed by atoms with Gasteiger partial charge in [0.1, 0.15) is 4.83 Å². The van der Waals surface area contributed by atoms with Crippen molar-refractivity contribution in [1.29, 1.82) is 0 Å². The highest BCUT2D eigenvalue weighted by molar-refractivity contribution is 8.02. The number of thiophene rings is 1. The Hall–Kier alpha value is -2.16. The highest BCUT2D eigenvalue weighted by atomic mass is 32.2. The van der Waals surface area contributed by atoms with E-state index in [1.54, 1.807) is 16.0 Å². The zero-order chi connectivity index (χ0) is 20.9. The van der Waals surface area contributed by atoms with Crippen molar-refractivity contribution >= 4 is 50.0 Å². The normalized spacial score (nSPS) is 18.1. The van der Waals surface area contributed by atoms with E-state index in [0.29, 0.717) is 11.2 Å². The Kier molecular flexibility index (Phi) is 4.89. The standard InChI is InChI=1S/C23H25N5OS2/c1-28-12-15-9-14(11-25-21(15)27-28)18-10-17(13-5-7-29-8-6-13)19-20(24)23(31-22(19)26-18)30-16-3-2-4-16/h9-13,16H,2-8,24H2,1H3. The van der Waals surface area contributed by atoms with Crippen molar-refractivity contribution in [3.63, 3.8) is 0 Å². The SMILES string of the molecule is Cn1cc2cc(-c3cc(C4CCOCC4)c4c(N)c(SC5CCC5)sc4n3)cnc2n1. The van der Waals surface area contributed by atoms with Crippen LogP contribution in [-0.4, -0.2) is 38.2 Å². The van der Waals surface area contributed by atoms with Crippen LogP contribution >= 0.6 is 23.1 Å². The molecule has 1 aliphatic carbocycles. The first kappa shape index (κ1) is 19.5. The van der Waals surface area contributed by atoms with Gasteiger partial charge in [-0.15, -0.1) is 23.1 Å². The Morgan fingerprint density at radius 3 is 2.81 bits per heavy atom. The number of anilines is 1.